The Morgan fingerprint density at radius 1 is 1.29 bits per heavy atom. The number of carbonyl (C=O) groups excluding carboxylic acids is 1. The molecule has 1 aliphatic rings. The van der Waals surface area contributed by atoms with Crippen molar-refractivity contribution in [3.05, 3.63) is 36.3 Å². The molecule has 0 radical (unpaired) electrons. The average Bonchev–Trinajstić information content (AvgIpc) is 3.13. The van der Waals surface area contributed by atoms with Crippen molar-refractivity contribution >= 4 is 23.4 Å². The lowest BCUT2D eigenvalue weighted by Gasteiger charge is -2.21. The van der Waals surface area contributed by atoms with Gasteiger partial charge in [0.15, 0.2) is 11.5 Å². The number of anilines is 1. The second-order valence-electron chi connectivity index (χ2n) is 5.35. The fourth-order valence-electron chi connectivity index (χ4n) is 2.45. The van der Waals surface area contributed by atoms with Crippen molar-refractivity contribution in [1.29, 1.82) is 0 Å². The van der Waals surface area contributed by atoms with Gasteiger partial charge in [-0.1, -0.05) is 0 Å². The highest BCUT2D eigenvalue weighted by atomic mass is 32.2. The fraction of sp³-hybridized carbons (Fsp3) is 0.353. The molecule has 1 aliphatic heterocycles. The third-order valence-electron chi connectivity index (χ3n) is 3.65. The van der Waals surface area contributed by atoms with Crippen LogP contribution in [0.4, 0.5) is 5.69 Å². The Hall–Kier alpha value is -2.28. The van der Waals surface area contributed by atoms with E-state index in [-0.39, 0.29) is 18.5 Å². The number of carbonyl (C=O) groups is 1. The Bertz CT molecular complexity index is 703. The summed E-state index contributed by atoms with van der Waals surface area (Å²) in [6.45, 7) is 3.14. The molecule has 128 valence electrons. The van der Waals surface area contributed by atoms with Gasteiger partial charge in [-0.2, -0.15) is 0 Å². The molecule has 2 aromatic rings. The number of furan rings is 1. The van der Waals surface area contributed by atoms with Crippen LogP contribution in [0.25, 0.3) is 0 Å². The number of nitrogens with one attached hydrogen (secondary N) is 2. The normalized spacial score (nSPS) is 14.1. The van der Waals surface area contributed by atoms with Crippen molar-refractivity contribution in [3.8, 4) is 11.5 Å². The highest BCUT2D eigenvalue weighted by molar-refractivity contribution is 7.98. The number of rotatable bonds is 6. The molecule has 24 heavy (non-hydrogen) atoms. The molecule has 0 fully saturated rings. The maximum atomic E-state index is 12.1. The summed E-state index contributed by atoms with van der Waals surface area (Å²) in [6, 6.07) is 7.28. The first-order valence-electron chi connectivity index (χ1n) is 7.71. The van der Waals surface area contributed by atoms with E-state index in [1.165, 1.54) is 0 Å². The molecule has 1 unspecified atom stereocenters. The van der Waals surface area contributed by atoms with E-state index in [1.807, 2.05) is 31.4 Å². The van der Waals surface area contributed by atoms with Crippen LogP contribution in [-0.2, 0) is 4.79 Å². The van der Waals surface area contributed by atoms with Crippen LogP contribution in [0, 0.1) is 0 Å². The van der Waals surface area contributed by atoms with Gasteiger partial charge in [-0.3, -0.25) is 4.79 Å². The molecule has 0 saturated heterocycles. The van der Waals surface area contributed by atoms with Crippen LogP contribution in [0.5, 0.6) is 11.5 Å². The minimum absolute atomic E-state index is 0.110. The van der Waals surface area contributed by atoms with Gasteiger partial charge in [-0.15, -0.1) is 11.8 Å². The highest BCUT2D eigenvalue weighted by Gasteiger charge is 2.17. The van der Waals surface area contributed by atoms with Crippen molar-refractivity contribution < 1.29 is 18.7 Å². The number of amides is 1. The second kappa shape index (κ2) is 7.53. The number of fused-ring (bicyclic) bond motifs is 1. The molecule has 1 aromatic carbocycles. The van der Waals surface area contributed by atoms with Crippen molar-refractivity contribution in [2.75, 3.05) is 31.3 Å². The van der Waals surface area contributed by atoms with Crippen LogP contribution in [0.3, 0.4) is 0 Å². The quantitative estimate of drug-likeness (QED) is 0.782. The summed E-state index contributed by atoms with van der Waals surface area (Å²) in [6.07, 6.45) is 3.58. The smallest absolute Gasteiger partial charge is 0.239 e. The summed E-state index contributed by atoms with van der Waals surface area (Å²) in [5, 5.41) is 6.06. The zero-order valence-corrected chi connectivity index (χ0v) is 14.4. The van der Waals surface area contributed by atoms with Gasteiger partial charge in [0.25, 0.3) is 0 Å². The number of benzene rings is 1. The summed E-state index contributed by atoms with van der Waals surface area (Å²) in [5.74, 6) is 2.06. The molecule has 0 spiro atoms. The van der Waals surface area contributed by atoms with Crippen LogP contribution in [0.2, 0.25) is 0 Å². The van der Waals surface area contributed by atoms with E-state index >= 15 is 0 Å². The zero-order chi connectivity index (χ0) is 16.9. The standard InChI is InChI=1S/C17H20N2O4S/c1-11(13-4-3-5-21-13)19-17(20)10-18-12-8-14-15(9-16(12)24-2)23-7-6-22-14/h3-5,8-9,11,18H,6-7,10H2,1-2H3,(H,19,20). The number of ether oxygens (including phenoxy) is 2. The Morgan fingerprint density at radius 2 is 2.04 bits per heavy atom. The Labute approximate surface area is 144 Å². The molecule has 2 N–H and O–H groups in total. The van der Waals surface area contributed by atoms with Gasteiger partial charge in [-0.05, 0) is 31.4 Å². The van der Waals surface area contributed by atoms with E-state index in [1.54, 1.807) is 24.1 Å². The highest BCUT2D eigenvalue weighted by Crippen LogP contribution is 2.39. The van der Waals surface area contributed by atoms with Crippen molar-refractivity contribution in [3.63, 3.8) is 0 Å². The lowest BCUT2D eigenvalue weighted by molar-refractivity contribution is -0.120. The first-order chi connectivity index (χ1) is 11.7. The zero-order valence-electron chi connectivity index (χ0n) is 13.6. The summed E-state index contributed by atoms with van der Waals surface area (Å²) in [4.78, 5) is 13.1. The molecule has 1 atom stereocenters. The largest absolute Gasteiger partial charge is 0.486 e. The van der Waals surface area contributed by atoms with E-state index in [4.69, 9.17) is 13.9 Å². The summed E-state index contributed by atoms with van der Waals surface area (Å²) >= 11 is 1.59. The first-order valence-corrected chi connectivity index (χ1v) is 8.94. The van der Waals surface area contributed by atoms with E-state index in [0.717, 1.165) is 22.1 Å². The molecular formula is C17H20N2O4S. The summed E-state index contributed by atoms with van der Waals surface area (Å²) in [5.41, 5.74) is 0.854. The summed E-state index contributed by atoms with van der Waals surface area (Å²) < 4.78 is 16.5. The van der Waals surface area contributed by atoms with Crippen molar-refractivity contribution in [2.45, 2.75) is 17.9 Å². The van der Waals surface area contributed by atoms with Gasteiger partial charge in [0.05, 0.1) is 24.5 Å². The second-order valence-corrected chi connectivity index (χ2v) is 6.20. The van der Waals surface area contributed by atoms with Crippen molar-refractivity contribution in [2.24, 2.45) is 0 Å². The molecule has 3 rings (SSSR count). The molecule has 6 nitrogen and oxygen atoms in total. The molecular weight excluding hydrogens is 328 g/mol. The van der Waals surface area contributed by atoms with Gasteiger partial charge in [0.2, 0.25) is 5.91 Å². The number of thioether (sulfide) groups is 1. The molecule has 0 aliphatic carbocycles. The topological polar surface area (TPSA) is 72.7 Å². The predicted molar refractivity (Wildman–Crippen MR) is 93.0 cm³/mol. The van der Waals surface area contributed by atoms with Crippen LogP contribution < -0.4 is 20.1 Å². The summed E-state index contributed by atoms with van der Waals surface area (Å²) in [7, 11) is 0. The molecule has 0 bridgehead atoms. The van der Waals surface area contributed by atoms with Gasteiger partial charge < -0.3 is 24.5 Å². The number of hydrogen-bond donors (Lipinski definition) is 2. The first kappa shape index (κ1) is 16.6. The molecule has 7 heteroatoms. The van der Waals surface area contributed by atoms with Crippen LogP contribution in [0.1, 0.15) is 18.7 Å². The Balaban J connectivity index is 1.62. The maximum Gasteiger partial charge on any atom is 0.239 e. The van der Waals surface area contributed by atoms with Crippen LogP contribution >= 0.6 is 11.8 Å². The molecule has 1 amide bonds. The van der Waals surface area contributed by atoms with Gasteiger partial charge >= 0.3 is 0 Å². The number of hydrogen-bond acceptors (Lipinski definition) is 6. The Kier molecular flexibility index (Phi) is 5.20. The van der Waals surface area contributed by atoms with Gasteiger partial charge in [0.1, 0.15) is 19.0 Å². The van der Waals surface area contributed by atoms with E-state index in [2.05, 4.69) is 10.6 Å². The third kappa shape index (κ3) is 3.79. The van der Waals surface area contributed by atoms with Crippen molar-refractivity contribution in [1.82, 2.24) is 5.32 Å². The maximum absolute atomic E-state index is 12.1. The molecule has 2 heterocycles. The third-order valence-corrected chi connectivity index (χ3v) is 4.43. The SMILES string of the molecule is CSc1cc2c(cc1NCC(=O)NC(C)c1ccco1)OCCO2. The monoisotopic (exact) mass is 348 g/mol. The minimum atomic E-state index is -0.172. The average molecular weight is 348 g/mol. The lowest BCUT2D eigenvalue weighted by Crippen LogP contribution is -2.32. The van der Waals surface area contributed by atoms with Gasteiger partial charge in [0, 0.05) is 11.0 Å². The van der Waals surface area contributed by atoms with E-state index in [9.17, 15) is 4.79 Å². The Morgan fingerprint density at radius 3 is 2.71 bits per heavy atom. The van der Waals surface area contributed by atoms with E-state index < -0.39 is 0 Å². The van der Waals surface area contributed by atoms with Gasteiger partial charge in [-0.25, -0.2) is 0 Å². The fourth-order valence-corrected chi connectivity index (χ4v) is 3.03. The van der Waals surface area contributed by atoms with E-state index in [0.29, 0.717) is 19.0 Å². The predicted octanol–water partition coefficient (Wildman–Crippen LogP) is 3.06. The lowest BCUT2D eigenvalue weighted by atomic mass is 10.2. The molecule has 1 aromatic heterocycles. The minimum Gasteiger partial charge on any atom is -0.486 e. The van der Waals surface area contributed by atoms with Crippen LogP contribution in [0.15, 0.2) is 39.8 Å². The van der Waals surface area contributed by atoms with Crippen LogP contribution in [-0.4, -0.2) is 31.9 Å². The molecule has 0 saturated carbocycles.